The van der Waals surface area contributed by atoms with E-state index in [2.05, 4.69) is 4.98 Å². The SMILES string of the molecule is CCN(Cc1ccco1)C(=O)CN1C(=O)N(C)N(C)c2ncccc21. The van der Waals surface area contributed by atoms with Gasteiger partial charge in [-0.2, -0.15) is 0 Å². The third-order valence-corrected chi connectivity index (χ3v) is 4.28. The standard InChI is InChI=1S/C17H21N5O3/c1-4-21(11-13-7-6-10-25-13)15(23)12-22-14-8-5-9-18-16(14)19(2)20(3)17(22)24/h5-10H,4,11-12H2,1-3H3. The molecule has 132 valence electrons. The number of hydrogen-bond acceptors (Lipinski definition) is 5. The van der Waals surface area contributed by atoms with Crippen molar-refractivity contribution in [3.8, 4) is 0 Å². The molecule has 0 fully saturated rings. The molecule has 8 heteroatoms. The molecule has 2 aromatic heterocycles. The third kappa shape index (κ3) is 3.15. The molecule has 0 aliphatic carbocycles. The van der Waals surface area contributed by atoms with Gasteiger partial charge in [-0.15, -0.1) is 0 Å². The van der Waals surface area contributed by atoms with E-state index in [4.69, 9.17) is 4.42 Å². The molecular weight excluding hydrogens is 322 g/mol. The maximum atomic E-state index is 12.8. The summed E-state index contributed by atoms with van der Waals surface area (Å²) in [5, 5.41) is 3.10. The fraction of sp³-hybridized carbons (Fsp3) is 0.353. The van der Waals surface area contributed by atoms with E-state index >= 15 is 0 Å². The summed E-state index contributed by atoms with van der Waals surface area (Å²) in [4.78, 5) is 32.8. The number of anilines is 2. The van der Waals surface area contributed by atoms with Gasteiger partial charge in [-0.25, -0.2) is 14.8 Å². The van der Waals surface area contributed by atoms with Crippen molar-refractivity contribution in [2.24, 2.45) is 0 Å². The highest BCUT2D eigenvalue weighted by atomic mass is 16.3. The molecule has 3 rings (SSSR count). The van der Waals surface area contributed by atoms with Gasteiger partial charge in [0.1, 0.15) is 12.3 Å². The second-order valence-corrected chi connectivity index (χ2v) is 5.75. The fourth-order valence-corrected chi connectivity index (χ4v) is 2.75. The maximum absolute atomic E-state index is 12.8. The zero-order valence-corrected chi connectivity index (χ0v) is 14.5. The molecular formula is C17H21N5O3. The average molecular weight is 343 g/mol. The number of urea groups is 1. The molecule has 0 saturated heterocycles. The van der Waals surface area contributed by atoms with Crippen LogP contribution in [0.15, 0.2) is 41.1 Å². The summed E-state index contributed by atoms with van der Waals surface area (Å²) in [6.45, 7) is 2.75. The van der Waals surface area contributed by atoms with E-state index in [0.29, 0.717) is 30.4 Å². The summed E-state index contributed by atoms with van der Waals surface area (Å²) in [6, 6.07) is 6.88. The number of furan rings is 1. The van der Waals surface area contributed by atoms with Gasteiger partial charge in [0.15, 0.2) is 5.82 Å². The van der Waals surface area contributed by atoms with E-state index in [1.807, 2.05) is 13.0 Å². The Morgan fingerprint density at radius 1 is 1.24 bits per heavy atom. The third-order valence-electron chi connectivity index (χ3n) is 4.28. The number of nitrogens with zero attached hydrogens (tertiary/aromatic N) is 5. The Balaban J connectivity index is 1.82. The maximum Gasteiger partial charge on any atom is 0.343 e. The Morgan fingerprint density at radius 3 is 2.72 bits per heavy atom. The summed E-state index contributed by atoms with van der Waals surface area (Å²) in [5.74, 6) is 1.19. The molecule has 1 aliphatic heterocycles. The number of likely N-dealkylation sites (N-methyl/N-ethyl adjacent to an activating group) is 1. The Kier molecular flexibility index (Phi) is 4.60. The van der Waals surface area contributed by atoms with Crippen molar-refractivity contribution in [1.29, 1.82) is 0 Å². The van der Waals surface area contributed by atoms with Crippen LogP contribution < -0.4 is 9.91 Å². The minimum atomic E-state index is -0.273. The Labute approximate surface area is 146 Å². The van der Waals surface area contributed by atoms with Gasteiger partial charge in [0, 0.05) is 26.8 Å². The van der Waals surface area contributed by atoms with Crippen LogP contribution in [0, 0.1) is 0 Å². The highest BCUT2D eigenvalue weighted by molar-refractivity contribution is 6.02. The summed E-state index contributed by atoms with van der Waals surface area (Å²) in [5.41, 5.74) is 0.621. The van der Waals surface area contributed by atoms with Gasteiger partial charge in [-0.1, -0.05) is 0 Å². The number of rotatable bonds is 5. The van der Waals surface area contributed by atoms with Crippen LogP contribution in [0.3, 0.4) is 0 Å². The second-order valence-electron chi connectivity index (χ2n) is 5.75. The van der Waals surface area contributed by atoms with E-state index in [9.17, 15) is 9.59 Å². The molecule has 0 spiro atoms. The van der Waals surface area contributed by atoms with Crippen LogP contribution in [0.4, 0.5) is 16.3 Å². The summed E-state index contributed by atoms with van der Waals surface area (Å²) < 4.78 is 5.32. The molecule has 0 atom stereocenters. The van der Waals surface area contributed by atoms with Crippen LogP contribution in [0.5, 0.6) is 0 Å². The van der Waals surface area contributed by atoms with E-state index in [-0.39, 0.29) is 18.5 Å². The van der Waals surface area contributed by atoms with Crippen molar-refractivity contribution in [2.45, 2.75) is 13.5 Å². The van der Waals surface area contributed by atoms with E-state index in [1.54, 1.807) is 54.7 Å². The lowest BCUT2D eigenvalue weighted by Gasteiger charge is -2.40. The van der Waals surface area contributed by atoms with Crippen molar-refractivity contribution in [3.05, 3.63) is 42.5 Å². The minimum absolute atomic E-state index is 0.0513. The molecule has 0 unspecified atom stereocenters. The largest absolute Gasteiger partial charge is 0.467 e. The Morgan fingerprint density at radius 2 is 2.04 bits per heavy atom. The van der Waals surface area contributed by atoms with Crippen molar-refractivity contribution < 1.29 is 14.0 Å². The zero-order valence-electron chi connectivity index (χ0n) is 14.5. The molecule has 25 heavy (non-hydrogen) atoms. The molecule has 0 saturated carbocycles. The van der Waals surface area contributed by atoms with Crippen molar-refractivity contribution >= 4 is 23.4 Å². The number of pyridine rings is 1. The first-order valence-corrected chi connectivity index (χ1v) is 8.07. The molecule has 1 aliphatic rings. The van der Waals surface area contributed by atoms with Gasteiger partial charge in [0.05, 0.1) is 18.5 Å². The molecule has 0 aromatic carbocycles. The lowest BCUT2D eigenvalue weighted by atomic mass is 10.3. The zero-order chi connectivity index (χ0) is 18.0. The highest BCUT2D eigenvalue weighted by Crippen LogP contribution is 2.32. The van der Waals surface area contributed by atoms with Gasteiger partial charge in [0.2, 0.25) is 5.91 Å². The number of amides is 3. The van der Waals surface area contributed by atoms with Gasteiger partial charge in [-0.3, -0.25) is 14.7 Å². The van der Waals surface area contributed by atoms with Gasteiger partial charge in [-0.05, 0) is 31.2 Å². The highest BCUT2D eigenvalue weighted by Gasteiger charge is 2.34. The minimum Gasteiger partial charge on any atom is -0.467 e. The predicted molar refractivity (Wildman–Crippen MR) is 92.9 cm³/mol. The molecule has 0 radical (unpaired) electrons. The second kappa shape index (κ2) is 6.84. The normalized spacial score (nSPS) is 13.9. The molecule has 0 bridgehead atoms. The molecule has 0 N–H and O–H groups in total. The van der Waals surface area contributed by atoms with Crippen LogP contribution in [0.1, 0.15) is 12.7 Å². The van der Waals surface area contributed by atoms with Crippen molar-refractivity contribution in [1.82, 2.24) is 14.9 Å². The number of fused-ring (bicyclic) bond motifs is 1. The first-order valence-electron chi connectivity index (χ1n) is 8.07. The van der Waals surface area contributed by atoms with Crippen LogP contribution in [0.25, 0.3) is 0 Å². The number of carbonyl (C=O) groups excluding carboxylic acids is 2. The lowest BCUT2D eigenvalue weighted by molar-refractivity contribution is -0.130. The fourth-order valence-electron chi connectivity index (χ4n) is 2.75. The summed E-state index contributed by atoms with van der Waals surface area (Å²) in [6.07, 6.45) is 3.24. The van der Waals surface area contributed by atoms with E-state index < -0.39 is 0 Å². The van der Waals surface area contributed by atoms with Crippen LogP contribution >= 0.6 is 0 Å². The van der Waals surface area contributed by atoms with Crippen LogP contribution in [-0.2, 0) is 11.3 Å². The smallest absolute Gasteiger partial charge is 0.343 e. The summed E-state index contributed by atoms with van der Waals surface area (Å²) in [7, 11) is 3.41. The molecule has 3 amide bonds. The van der Waals surface area contributed by atoms with Crippen LogP contribution in [0.2, 0.25) is 0 Å². The number of carbonyl (C=O) groups is 2. The topological polar surface area (TPSA) is 73.1 Å². The molecule has 8 nitrogen and oxygen atoms in total. The number of hydrogen-bond donors (Lipinski definition) is 0. The van der Waals surface area contributed by atoms with E-state index in [0.717, 1.165) is 0 Å². The monoisotopic (exact) mass is 343 g/mol. The Hall–Kier alpha value is -3.03. The van der Waals surface area contributed by atoms with Crippen molar-refractivity contribution in [3.63, 3.8) is 0 Å². The van der Waals surface area contributed by atoms with E-state index in [1.165, 1.54) is 9.91 Å². The predicted octanol–water partition coefficient (Wildman–Crippen LogP) is 1.95. The molecule has 3 heterocycles. The van der Waals surface area contributed by atoms with Crippen LogP contribution in [-0.4, -0.2) is 54.0 Å². The number of aromatic nitrogens is 1. The summed E-state index contributed by atoms with van der Waals surface area (Å²) >= 11 is 0. The number of hydrazine groups is 1. The van der Waals surface area contributed by atoms with Gasteiger partial charge in [0.25, 0.3) is 0 Å². The quantitative estimate of drug-likeness (QED) is 0.830. The average Bonchev–Trinajstić information content (AvgIpc) is 3.14. The van der Waals surface area contributed by atoms with Gasteiger partial charge < -0.3 is 9.32 Å². The first kappa shape index (κ1) is 16.8. The first-order chi connectivity index (χ1) is 12.0. The Bertz CT molecular complexity index is 761. The lowest BCUT2D eigenvalue weighted by Crippen LogP contribution is -2.56. The molecule has 2 aromatic rings. The van der Waals surface area contributed by atoms with Crippen molar-refractivity contribution in [2.75, 3.05) is 37.1 Å². The van der Waals surface area contributed by atoms with Gasteiger partial charge >= 0.3 is 6.03 Å².